The SMILES string of the molecule is CCOc1ccc2c(c1)C(=O)N(C[C@H](NC(=O)NC=O)c1ccc(-c3ccc4nn(C)cc4c3)cc1)C2. The number of aromatic nitrogens is 2. The fraction of sp³-hybridized carbons (Fsp3) is 0.214. The molecule has 0 fully saturated rings. The molecule has 0 saturated heterocycles. The number of carbonyl (C=O) groups is 3. The van der Waals surface area contributed by atoms with Gasteiger partial charge in [0.15, 0.2) is 0 Å². The topological polar surface area (TPSA) is 106 Å². The van der Waals surface area contributed by atoms with E-state index in [-0.39, 0.29) is 12.5 Å². The highest BCUT2D eigenvalue weighted by molar-refractivity contribution is 5.98. The number of carbonyl (C=O) groups excluding carboxylic acids is 3. The summed E-state index contributed by atoms with van der Waals surface area (Å²) in [4.78, 5) is 37.9. The number of imide groups is 1. The van der Waals surface area contributed by atoms with Gasteiger partial charge in [0.05, 0.1) is 18.2 Å². The predicted octanol–water partition coefficient (Wildman–Crippen LogP) is 3.79. The zero-order valence-electron chi connectivity index (χ0n) is 20.6. The number of hydrogen-bond donors (Lipinski definition) is 2. The van der Waals surface area contributed by atoms with E-state index >= 15 is 0 Å². The second-order valence-corrected chi connectivity index (χ2v) is 8.92. The summed E-state index contributed by atoms with van der Waals surface area (Å²) in [5.74, 6) is 0.525. The van der Waals surface area contributed by atoms with E-state index in [9.17, 15) is 14.4 Å². The molecule has 0 aliphatic carbocycles. The van der Waals surface area contributed by atoms with E-state index < -0.39 is 12.1 Å². The van der Waals surface area contributed by atoms with Gasteiger partial charge >= 0.3 is 6.03 Å². The highest BCUT2D eigenvalue weighted by atomic mass is 16.5. The van der Waals surface area contributed by atoms with Crippen LogP contribution >= 0.6 is 0 Å². The van der Waals surface area contributed by atoms with Crippen LogP contribution in [0.25, 0.3) is 22.0 Å². The Morgan fingerprint density at radius 1 is 1.11 bits per heavy atom. The number of ether oxygens (including phenoxy) is 1. The number of rotatable bonds is 8. The standard InChI is InChI=1S/C28H27N5O4/c1-3-37-23-10-8-21-15-33(27(35)24(21)13-23)16-26(30-28(36)29-17-34)19-6-4-18(5-7-19)20-9-11-25-22(12-20)14-32(2)31-25/h4-14,17,26H,3,15-16H2,1-2H3,(H2,29,30,34,36)/t26-/m0/s1. The highest BCUT2D eigenvalue weighted by Gasteiger charge is 2.30. The second kappa shape index (κ2) is 10.1. The van der Waals surface area contributed by atoms with Crippen molar-refractivity contribution in [3.05, 3.63) is 83.6 Å². The van der Waals surface area contributed by atoms with Crippen molar-refractivity contribution in [1.29, 1.82) is 0 Å². The fourth-order valence-corrected chi connectivity index (χ4v) is 4.69. The molecule has 0 bridgehead atoms. The van der Waals surface area contributed by atoms with Crippen molar-refractivity contribution < 1.29 is 19.1 Å². The van der Waals surface area contributed by atoms with Gasteiger partial charge in [0.1, 0.15) is 5.75 Å². The molecule has 1 aliphatic rings. The molecule has 2 heterocycles. The number of amides is 4. The monoisotopic (exact) mass is 497 g/mol. The van der Waals surface area contributed by atoms with Crippen LogP contribution in [0.1, 0.15) is 34.5 Å². The molecule has 4 amide bonds. The lowest BCUT2D eigenvalue weighted by atomic mass is 9.99. The second-order valence-electron chi connectivity index (χ2n) is 8.92. The van der Waals surface area contributed by atoms with Crippen LogP contribution in [0.3, 0.4) is 0 Å². The van der Waals surface area contributed by atoms with Gasteiger partial charge in [-0.05, 0) is 53.4 Å². The summed E-state index contributed by atoms with van der Waals surface area (Å²) in [6, 6.07) is 18.3. The van der Waals surface area contributed by atoms with E-state index in [0.717, 1.165) is 33.2 Å². The number of hydrogen-bond acceptors (Lipinski definition) is 5. The quantitative estimate of drug-likeness (QED) is 0.361. The summed E-state index contributed by atoms with van der Waals surface area (Å²) in [5.41, 5.74) is 5.31. The number of nitrogens with one attached hydrogen (secondary N) is 2. The molecule has 5 rings (SSSR count). The molecule has 0 unspecified atom stereocenters. The molecule has 1 atom stereocenters. The average Bonchev–Trinajstić information content (AvgIpc) is 3.42. The van der Waals surface area contributed by atoms with Crippen LogP contribution in [-0.4, -0.2) is 46.2 Å². The Morgan fingerprint density at radius 2 is 1.89 bits per heavy atom. The molecule has 0 radical (unpaired) electrons. The van der Waals surface area contributed by atoms with Crippen molar-refractivity contribution >= 4 is 29.3 Å². The average molecular weight is 498 g/mol. The summed E-state index contributed by atoms with van der Waals surface area (Å²) in [5, 5.41) is 10.4. The van der Waals surface area contributed by atoms with E-state index in [0.29, 0.717) is 30.9 Å². The Morgan fingerprint density at radius 3 is 2.65 bits per heavy atom. The Hall–Kier alpha value is -4.66. The first-order chi connectivity index (χ1) is 17.9. The lowest BCUT2D eigenvalue weighted by Crippen LogP contribution is -2.42. The zero-order valence-corrected chi connectivity index (χ0v) is 20.6. The van der Waals surface area contributed by atoms with Crippen LogP contribution in [0.2, 0.25) is 0 Å². The molecule has 4 aromatic rings. The first-order valence-corrected chi connectivity index (χ1v) is 12.0. The highest BCUT2D eigenvalue weighted by Crippen LogP contribution is 2.30. The van der Waals surface area contributed by atoms with Gasteiger partial charge in [0.2, 0.25) is 6.41 Å². The summed E-state index contributed by atoms with van der Waals surface area (Å²) in [6.45, 7) is 3.08. The Balaban J connectivity index is 1.38. The minimum Gasteiger partial charge on any atom is -0.494 e. The summed E-state index contributed by atoms with van der Waals surface area (Å²) in [6.07, 6.45) is 2.30. The van der Waals surface area contributed by atoms with Crippen LogP contribution < -0.4 is 15.4 Å². The Labute approximate surface area is 214 Å². The largest absolute Gasteiger partial charge is 0.494 e. The van der Waals surface area contributed by atoms with E-state index in [1.807, 2.05) is 68.7 Å². The fourth-order valence-electron chi connectivity index (χ4n) is 4.69. The first kappa shape index (κ1) is 24.1. The molecule has 9 heteroatoms. The third-order valence-electron chi connectivity index (χ3n) is 6.43. The van der Waals surface area contributed by atoms with E-state index in [1.165, 1.54) is 0 Å². The molecule has 37 heavy (non-hydrogen) atoms. The maximum absolute atomic E-state index is 13.2. The Kier molecular flexibility index (Phi) is 6.59. The van der Waals surface area contributed by atoms with Gasteiger partial charge in [-0.1, -0.05) is 36.4 Å². The molecule has 1 aliphatic heterocycles. The van der Waals surface area contributed by atoms with Crippen LogP contribution in [0.5, 0.6) is 5.75 Å². The van der Waals surface area contributed by atoms with Gasteiger partial charge < -0.3 is 15.0 Å². The van der Waals surface area contributed by atoms with E-state index in [4.69, 9.17) is 4.74 Å². The third kappa shape index (κ3) is 5.02. The van der Waals surface area contributed by atoms with Gasteiger partial charge in [-0.3, -0.25) is 19.6 Å². The van der Waals surface area contributed by atoms with E-state index in [2.05, 4.69) is 21.8 Å². The summed E-state index contributed by atoms with van der Waals surface area (Å²) in [7, 11) is 1.89. The van der Waals surface area contributed by atoms with Crippen molar-refractivity contribution in [3.8, 4) is 16.9 Å². The Bertz CT molecular complexity index is 1480. The maximum atomic E-state index is 13.2. The normalized spacial score (nSPS) is 13.4. The lowest BCUT2D eigenvalue weighted by Gasteiger charge is -2.25. The maximum Gasteiger partial charge on any atom is 0.321 e. The third-order valence-corrected chi connectivity index (χ3v) is 6.43. The van der Waals surface area contributed by atoms with Crippen molar-refractivity contribution in [2.75, 3.05) is 13.2 Å². The predicted molar refractivity (Wildman–Crippen MR) is 139 cm³/mol. The number of nitrogens with zero attached hydrogens (tertiary/aromatic N) is 3. The molecule has 0 spiro atoms. The van der Waals surface area contributed by atoms with Crippen LogP contribution in [-0.2, 0) is 18.4 Å². The van der Waals surface area contributed by atoms with Crippen LogP contribution in [0, 0.1) is 0 Å². The molecule has 0 saturated carbocycles. The number of aryl methyl sites for hydroxylation is 1. The molecule has 2 N–H and O–H groups in total. The van der Waals surface area contributed by atoms with Gasteiger partial charge in [-0.2, -0.15) is 5.10 Å². The van der Waals surface area contributed by atoms with Gasteiger partial charge in [0, 0.05) is 37.3 Å². The van der Waals surface area contributed by atoms with Gasteiger partial charge in [-0.25, -0.2) is 4.79 Å². The van der Waals surface area contributed by atoms with Gasteiger partial charge in [0.25, 0.3) is 5.91 Å². The molecule has 188 valence electrons. The summed E-state index contributed by atoms with van der Waals surface area (Å²) < 4.78 is 7.33. The smallest absolute Gasteiger partial charge is 0.321 e. The van der Waals surface area contributed by atoms with Crippen molar-refractivity contribution in [2.24, 2.45) is 7.05 Å². The first-order valence-electron chi connectivity index (χ1n) is 12.0. The molecule has 1 aromatic heterocycles. The number of fused-ring (bicyclic) bond motifs is 2. The molecule has 3 aromatic carbocycles. The molecule has 9 nitrogen and oxygen atoms in total. The van der Waals surface area contributed by atoms with Crippen molar-refractivity contribution in [1.82, 2.24) is 25.3 Å². The van der Waals surface area contributed by atoms with Crippen LogP contribution in [0.15, 0.2) is 66.9 Å². The van der Waals surface area contributed by atoms with Gasteiger partial charge in [-0.15, -0.1) is 0 Å². The molecular formula is C28H27N5O4. The van der Waals surface area contributed by atoms with E-state index in [1.54, 1.807) is 15.6 Å². The minimum absolute atomic E-state index is 0.124. The number of urea groups is 1. The van der Waals surface area contributed by atoms with Crippen molar-refractivity contribution in [2.45, 2.75) is 19.5 Å². The molecular weight excluding hydrogens is 470 g/mol. The van der Waals surface area contributed by atoms with Crippen LogP contribution in [0.4, 0.5) is 4.79 Å². The zero-order chi connectivity index (χ0) is 25.9. The lowest BCUT2D eigenvalue weighted by molar-refractivity contribution is -0.108. The summed E-state index contributed by atoms with van der Waals surface area (Å²) >= 11 is 0. The number of benzene rings is 3. The van der Waals surface area contributed by atoms with Crippen molar-refractivity contribution in [3.63, 3.8) is 0 Å². The minimum atomic E-state index is -0.631.